The number of aromatic nitrogens is 6. The van der Waals surface area contributed by atoms with Crippen LogP contribution in [0.1, 0.15) is 37.9 Å². The first-order valence-corrected chi connectivity index (χ1v) is 10.6. The summed E-state index contributed by atoms with van der Waals surface area (Å²) in [5.74, 6) is 1.50. The maximum Gasteiger partial charge on any atom is 0.245 e. The van der Waals surface area contributed by atoms with E-state index in [1.807, 2.05) is 18.5 Å². The lowest BCUT2D eigenvalue weighted by Gasteiger charge is -2.37. The number of imidazole rings is 1. The molecule has 9 heteroatoms. The Bertz CT molecular complexity index is 1150. The quantitative estimate of drug-likeness (QED) is 0.715. The molecule has 1 amide bonds. The third-order valence-corrected chi connectivity index (χ3v) is 6.77. The summed E-state index contributed by atoms with van der Waals surface area (Å²) in [5.41, 5.74) is 2.08. The molecule has 3 aromatic rings. The SMILES string of the molecule is O=C(Cn1ncc2cnc(N3CCC4(CCC4)C3)nc21)NC1=Cc2nccn2CC1. The summed E-state index contributed by atoms with van der Waals surface area (Å²) in [7, 11) is 0. The number of carbonyl (C=O) groups excluding carboxylic acids is 1. The summed E-state index contributed by atoms with van der Waals surface area (Å²) in [6, 6.07) is 0. The van der Waals surface area contributed by atoms with Crippen molar-refractivity contribution in [2.24, 2.45) is 5.41 Å². The third-order valence-electron chi connectivity index (χ3n) is 6.77. The molecule has 6 rings (SSSR count). The number of hydrogen-bond donors (Lipinski definition) is 1. The fourth-order valence-electron chi connectivity index (χ4n) is 4.89. The van der Waals surface area contributed by atoms with Crippen LogP contribution >= 0.6 is 0 Å². The van der Waals surface area contributed by atoms with Gasteiger partial charge in [-0.15, -0.1) is 0 Å². The van der Waals surface area contributed by atoms with Crippen molar-refractivity contribution in [1.29, 1.82) is 0 Å². The lowest BCUT2D eigenvalue weighted by molar-refractivity contribution is -0.121. The monoisotopic (exact) mass is 404 g/mol. The summed E-state index contributed by atoms with van der Waals surface area (Å²) in [6.45, 7) is 2.98. The highest BCUT2D eigenvalue weighted by Gasteiger charge is 2.43. The molecular formula is C21H24N8O. The van der Waals surface area contributed by atoms with E-state index >= 15 is 0 Å². The summed E-state index contributed by atoms with van der Waals surface area (Å²) in [6.07, 6.45) is 15.2. The molecule has 0 radical (unpaired) electrons. The first kappa shape index (κ1) is 17.6. The second-order valence-corrected chi connectivity index (χ2v) is 8.72. The molecule has 30 heavy (non-hydrogen) atoms. The summed E-state index contributed by atoms with van der Waals surface area (Å²) < 4.78 is 3.73. The van der Waals surface area contributed by atoms with Gasteiger partial charge in [-0.2, -0.15) is 10.1 Å². The first-order valence-electron chi connectivity index (χ1n) is 10.6. The van der Waals surface area contributed by atoms with Gasteiger partial charge >= 0.3 is 0 Å². The predicted molar refractivity (Wildman–Crippen MR) is 111 cm³/mol. The van der Waals surface area contributed by atoms with Crippen LogP contribution < -0.4 is 10.2 Å². The molecule has 1 saturated heterocycles. The zero-order valence-electron chi connectivity index (χ0n) is 16.8. The van der Waals surface area contributed by atoms with Gasteiger partial charge in [0.25, 0.3) is 0 Å². The van der Waals surface area contributed by atoms with Crippen molar-refractivity contribution in [3.8, 4) is 0 Å². The number of carbonyl (C=O) groups is 1. The molecule has 3 aromatic heterocycles. The Morgan fingerprint density at radius 2 is 2.10 bits per heavy atom. The molecule has 2 fully saturated rings. The second kappa shape index (κ2) is 6.65. The van der Waals surface area contributed by atoms with E-state index in [1.165, 1.54) is 25.7 Å². The predicted octanol–water partition coefficient (Wildman–Crippen LogP) is 1.96. The van der Waals surface area contributed by atoms with Crippen LogP contribution in [0.15, 0.2) is 30.5 Å². The molecule has 0 aromatic carbocycles. The number of hydrogen-bond acceptors (Lipinski definition) is 6. The molecule has 0 atom stereocenters. The van der Waals surface area contributed by atoms with Crippen LogP contribution in [0.2, 0.25) is 0 Å². The smallest absolute Gasteiger partial charge is 0.245 e. The fourth-order valence-corrected chi connectivity index (χ4v) is 4.89. The van der Waals surface area contributed by atoms with E-state index < -0.39 is 0 Å². The normalized spacial score (nSPS) is 19.6. The molecule has 1 N–H and O–H groups in total. The van der Waals surface area contributed by atoms with E-state index in [0.717, 1.165) is 48.9 Å². The largest absolute Gasteiger partial charge is 0.340 e. The fraction of sp³-hybridized carbons (Fsp3) is 0.476. The average molecular weight is 404 g/mol. The van der Waals surface area contributed by atoms with Gasteiger partial charge in [0.05, 0.1) is 11.6 Å². The van der Waals surface area contributed by atoms with E-state index in [1.54, 1.807) is 17.1 Å². The molecule has 9 nitrogen and oxygen atoms in total. The number of aryl methyl sites for hydroxylation is 1. The molecule has 154 valence electrons. The minimum Gasteiger partial charge on any atom is -0.340 e. The van der Waals surface area contributed by atoms with Crippen LogP contribution in [-0.4, -0.2) is 48.3 Å². The van der Waals surface area contributed by atoms with Gasteiger partial charge in [0.2, 0.25) is 11.9 Å². The van der Waals surface area contributed by atoms with Gasteiger partial charge in [0, 0.05) is 56.4 Å². The zero-order chi connectivity index (χ0) is 20.1. The summed E-state index contributed by atoms with van der Waals surface area (Å²) in [5, 5.41) is 8.23. The third kappa shape index (κ3) is 2.96. The maximum absolute atomic E-state index is 12.7. The highest BCUT2D eigenvalue weighted by molar-refractivity contribution is 5.81. The Hall–Kier alpha value is -3.23. The Morgan fingerprint density at radius 3 is 2.93 bits per heavy atom. The van der Waals surface area contributed by atoms with Crippen LogP contribution in [0, 0.1) is 5.41 Å². The topological polar surface area (TPSA) is 93.8 Å². The maximum atomic E-state index is 12.7. The zero-order valence-corrected chi connectivity index (χ0v) is 16.8. The number of fused-ring (bicyclic) bond motifs is 2. The molecule has 2 aliphatic heterocycles. The van der Waals surface area contributed by atoms with Crippen molar-refractivity contribution in [1.82, 2.24) is 34.6 Å². The van der Waals surface area contributed by atoms with E-state index in [2.05, 4.69) is 29.9 Å². The van der Waals surface area contributed by atoms with Gasteiger partial charge in [-0.25, -0.2) is 14.6 Å². The van der Waals surface area contributed by atoms with Crippen LogP contribution in [0.3, 0.4) is 0 Å². The van der Waals surface area contributed by atoms with E-state index in [0.29, 0.717) is 11.1 Å². The molecule has 1 aliphatic carbocycles. The van der Waals surface area contributed by atoms with E-state index in [-0.39, 0.29) is 12.5 Å². The number of amides is 1. The van der Waals surface area contributed by atoms with Crippen molar-refractivity contribution < 1.29 is 4.79 Å². The summed E-state index contributed by atoms with van der Waals surface area (Å²) >= 11 is 0. The number of rotatable bonds is 4. The van der Waals surface area contributed by atoms with Gasteiger partial charge in [0.15, 0.2) is 5.65 Å². The standard InChI is InChI=1S/C21H24N8O/c30-18(25-16-2-7-27-9-6-22-17(27)10-16)13-29-19-15(12-24-29)11-23-20(26-19)28-8-5-21(14-28)3-1-4-21/h6,9-12H,1-5,7-8,13-14H2,(H,25,30). The Kier molecular flexibility index (Phi) is 3.90. The number of nitrogens with zero attached hydrogens (tertiary/aromatic N) is 7. The minimum absolute atomic E-state index is 0.110. The Labute approximate surface area is 173 Å². The Morgan fingerprint density at radius 1 is 1.17 bits per heavy atom. The van der Waals surface area contributed by atoms with E-state index in [4.69, 9.17) is 4.98 Å². The van der Waals surface area contributed by atoms with Crippen molar-refractivity contribution in [3.05, 3.63) is 36.3 Å². The highest BCUT2D eigenvalue weighted by atomic mass is 16.2. The Balaban J connectivity index is 1.19. The van der Waals surface area contributed by atoms with Crippen molar-refractivity contribution in [3.63, 3.8) is 0 Å². The number of anilines is 1. The molecule has 1 saturated carbocycles. The summed E-state index contributed by atoms with van der Waals surface area (Å²) in [4.78, 5) is 28.6. The van der Waals surface area contributed by atoms with E-state index in [9.17, 15) is 4.79 Å². The average Bonchev–Trinajstić information content (AvgIpc) is 3.45. The molecule has 0 bridgehead atoms. The van der Waals surface area contributed by atoms with Crippen LogP contribution in [0.25, 0.3) is 17.1 Å². The highest BCUT2D eigenvalue weighted by Crippen LogP contribution is 2.48. The number of allylic oxidation sites excluding steroid dienone is 1. The van der Waals surface area contributed by atoms with Gasteiger partial charge in [0.1, 0.15) is 12.4 Å². The van der Waals surface area contributed by atoms with Gasteiger partial charge < -0.3 is 14.8 Å². The number of nitrogens with one attached hydrogen (secondary N) is 1. The van der Waals surface area contributed by atoms with Crippen LogP contribution in [0.5, 0.6) is 0 Å². The van der Waals surface area contributed by atoms with Gasteiger partial charge in [-0.05, 0) is 24.7 Å². The second-order valence-electron chi connectivity index (χ2n) is 8.72. The van der Waals surface area contributed by atoms with Crippen LogP contribution in [-0.2, 0) is 17.9 Å². The van der Waals surface area contributed by atoms with Crippen molar-refractivity contribution in [2.45, 2.75) is 45.2 Å². The first-order chi connectivity index (χ1) is 14.7. The van der Waals surface area contributed by atoms with Gasteiger partial charge in [-0.1, -0.05) is 6.42 Å². The minimum atomic E-state index is -0.110. The molecular weight excluding hydrogens is 380 g/mol. The molecule has 5 heterocycles. The van der Waals surface area contributed by atoms with Gasteiger partial charge in [-0.3, -0.25) is 4.79 Å². The van der Waals surface area contributed by atoms with Crippen LogP contribution in [0.4, 0.5) is 5.95 Å². The lowest BCUT2D eigenvalue weighted by Crippen LogP contribution is -2.33. The van der Waals surface area contributed by atoms with Crippen molar-refractivity contribution in [2.75, 3.05) is 18.0 Å². The molecule has 0 unspecified atom stereocenters. The van der Waals surface area contributed by atoms with Crippen molar-refractivity contribution >= 4 is 29.0 Å². The lowest BCUT2D eigenvalue weighted by atomic mass is 9.68. The molecule has 1 spiro atoms. The molecule has 3 aliphatic rings.